The molecule has 1 rings (SSSR count). The van der Waals surface area contributed by atoms with Crippen molar-refractivity contribution in [2.24, 2.45) is 0 Å². The van der Waals surface area contributed by atoms with Crippen molar-refractivity contribution in [1.82, 2.24) is 5.06 Å². The highest BCUT2D eigenvalue weighted by molar-refractivity contribution is 6.01. The molecule has 0 bridgehead atoms. The molecular weight excluding hydrogens is 354 g/mol. The normalized spacial score (nSPS) is 19.3. The molecule has 0 aliphatic carbocycles. The smallest absolute Gasteiger partial charge is 0.333 e. The van der Waals surface area contributed by atoms with Crippen LogP contribution in [-0.4, -0.2) is 92.6 Å². The lowest BCUT2D eigenvalue weighted by Crippen LogP contribution is -2.47. The zero-order chi connectivity index (χ0) is 19.7. The summed E-state index contributed by atoms with van der Waals surface area (Å²) < 4.78 is 5.09. The monoisotopic (exact) mass is 379 g/mol. The van der Waals surface area contributed by atoms with Gasteiger partial charge in [-0.3, -0.25) is 9.59 Å². The maximum atomic E-state index is 11.5. The number of nitrogens with zero attached hydrogens (tertiary/aromatic N) is 1. The van der Waals surface area contributed by atoms with Gasteiger partial charge in [-0.25, -0.2) is 4.79 Å². The molecule has 0 aromatic carbocycles. The molecule has 150 valence electrons. The van der Waals surface area contributed by atoms with Crippen molar-refractivity contribution in [2.45, 2.75) is 56.5 Å². The van der Waals surface area contributed by atoms with Crippen molar-refractivity contribution in [3.63, 3.8) is 0 Å². The van der Waals surface area contributed by atoms with Gasteiger partial charge >= 0.3 is 5.97 Å². The van der Waals surface area contributed by atoms with Crippen LogP contribution in [0.5, 0.6) is 0 Å². The van der Waals surface area contributed by atoms with Gasteiger partial charge in [-0.05, 0) is 12.8 Å². The minimum atomic E-state index is -1.72. The molecule has 26 heavy (non-hydrogen) atoms. The van der Waals surface area contributed by atoms with Gasteiger partial charge in [-0.15, -0.1) is 5.06 Å². The van der Waals surface area contributed by atoms with Gasteiger partial charge < -0.3 is 35.1 Å². The zero-order valence-corrected chi connectivity index (χ0v) is 14.2. The molecular formula is C15H25NO10. The number of rotatable bonds is 12. The quantitative estimate of drug-likeness (QED) is 0.176. The Kier molecular flexibility index (Phi) is 9.62. The Morgan fingerprint density at radius 2 is 1.58 bits per heavy atom. The second kappa shape index (κ2) is 11.2. The van der Waals surface area contributed by atoms with Crippen LogP contribution in [0, 0.1) is 0 Å². The molecule has 0 aromatic heterocycles. The molecule has 1 fully saturated rings. The van der Waals surface area contributed by atoms with Crippen molar-refractivity contribution in [3.05, 3.63) is 0 Å². The first-order valence-electron chi connectivity index (χ1n) is 8.25. The predicted molar refractivity (Wildman–Crippen MR) is 83.0 cm³/mol. The summed E-state index contributed by atoms with van der Waals surface area (Å²) in [6.07, 6.45) is -5.69. The van der Waals surface area contributed by atoms with E-state index >= 15 is 0 Å². The summed E-state index contributed by atoms with van der Waals surface area (Å²) >= 11 is 0. The van der Waals surface area contributed by atoms with Crippen molar-refractivity contribution in [3.8, 4) is 0 Å². The Balaban J connectivity index is 2.12. The summed E-state index contributed by atoms with van der Waals surface area (Å²) in [6.45, 7) is -0.953. The van der Waals surface area contributed by atoms with Crippen molar-refractivity contribution in [1.29, 1.82) is 0 Å². The summed E-state index contributed by atoms with van der Waals surface area (Å²) in [4.78, 5) is 38.8. The van der Waals surface area contributed by atoms with Crippen LogP contribution >= 0.6 is 0 Å². The van der Waals surface area contributed by atoms with Gasteiger partial charge in [0.1, 0.15) is 24.4 Å². The number of hydrogen-bond acceptors (Lipinski definition) is 10. The first kappa shape index (κ1) is 22.4. The van der Waals surface area contributed by atoms with Crippen LogP contribution in [0.25, 0.3) is 0 Å². The van der Waals surface area contributed by atoms with E-state index in [1.165, 1.54) is 0 Å². The number of ether oxygens (including phenoxy) is 1. The average molecular weight is 379 g/mol. The molecule has 4 atom stereocenters. The van der Waals surface area contributed by atoms with Gasteiger partial charge in [0.15, 0.2) is 0 Å². The minimum absolute atomic E-state index is 0.0260. The number of hydroxylamine groups is 2. The van der Waals surface area contributed by atoms with E-state index in [-0.39, 0.29) is 32.5 Å². The molecule has 5 N–H and O–H groups in total. The number of unbranched alkanes of at least 4 members (excludes halogenated alkanes) is 1. The molecule has 1 aliphatic heterocycles. The summed E-state index contributed by atoms with van der Waals surface area (Å²) in [5, 5.41) is 46.9. The fourth-order valence-electron chi connectivity index (χ4n) is 2.14. The van der Waals surface area contributed by atoms with E-state index in [1.807, 2.05) is 0 Å². The van der Waals surface area contributed by atoms with E-state index in [9.17, 15) is 34.8 Å². The topological polar surface area (TPSA) is 174 Å². The average Bonchev–Trinajstić information content (AvgIpc) is 2.94. The highest BCUT2D eigenvalue weighted by Crippen LogP contribution is 2.13. The highest BCUT2D eigenvalue weighted by Gasteiger charge is 2.32. The van der Waals surface area contributed by atoms with Crippen LogP contribution in [0.15, 0.2) is 0 Å². The largest absolute Gasteiger partial charge is 0.394 e. The molecule has 0 radical (unpaired) electrons. The van der Waals surface area contributed by atoms with Crippen molar-refractivity contribution < 1.29 is 49.5 Å². The lowest BCUT2D eigenvalue weighted by atomic mass is 10.0. The lowest BCUT2D eigenvalue weighted by molar-refractivity contribution is -0.197. The van der Waals surface area contributed by atoms with Gasteiger partial charge in [-0.2, -0.15) is 0 Å². The van der Waals surface area contributed by atoms with E-state index in [0.717, 1.165) is 0 Å². The van der Waals surface area contributed by atoms with Crippen LogP contribution in [0.1, 0.15) is 32.1 Å². The Hall–Kier alpha value is -1.63. The Bertz CT molecular complexity index is 469. The molecule has 11 nitrogen and oxygen atoms in total. The number of aliphatic hydroxyl groups excluding tert-OH is 5. The van der Waals surface area contributed by atoms with E-state index < -0.39 is 48.8 Å². The summed E-state index contributed by atoms with van der Waals surface area (Å²) in [6, 6.07) is 0. The second-order valence-electron chi connectivity index (χ2n) is 5.88. The predicted octanol–water partition coefficient (Wildman–Crippen LogP) is -2.78. The maximum Gasteiger partial charge on any atom is 0.333 e. The van der Waals surface area contributed by atoms with Gasteiger partial charge in [0, 0.05) is 25.9 Å². The van der Waals surface area contributed by atoms with E-state index in [4.69, 9.17) is 9.84 Å². The Morgan fingerprint density at radius 1 is 1.00 bits per heavy atom. The van der Waals surface area contributed by atoms with Gasteiger partial charge in [-0.1, -0.05) is 0 Å². The third-order valence-corrected chi connectivity index (χ3v) is 3.73. The molecule has 1 saturated heterocycles. The van der Waals surface area contributed by atoms with Gasteiger partial charge in [0.2, 0.25) is 0 Å². The fraction of sp³-hybridized carbons (Fsp3) is 0.800. The Labute approximate surface area is 149 Å². The van der Waals surface area contributed by atoms with Crippen LogP contribution in [0.3, 0.4) is 0 Å². The molecule has 11 heteroatoms. The van der Waals surface area contributed by atoms with Crippen LogP contribution < -0.4 is 0 Å². The van der Waals surface area contributed by atoms with Crippen molar-refractivity contribution >= 4 is 17.8 Å². The lowest BCUT2D eigenvalue weighted by Gasteiger charge is -2.25. The molecule has 0 aromatic rings. The van der Waals surface area contributed by atoms with E-state index in [0.29, 0.717) is 17.9 Å². The number of carbonyl (C=O) groups is 3. The standard InChI is InChI=1S/C15H25NO10/c17-7-9(18)14(23)15(24)10(19)8-25-6-2-1-3-13(22)26-16-11(20)4-5-12(16)21/h9-10,14-15,17-19,23-24H,1-8H2/t9-,10+,14+,15+/m1/s1. The molecule has 2 amide bonds. The molecule has 0 unspecified atom stereocenters. The summed E-state index contributed by atoms with van der Waals surface area (Å²) in [5.41, 5.74) is 0. The first-order chi connectivity index (χ1) is 12.3. The van der Waals surface area contributed by atoms with Crippen LogP contribution in [0.4, 0.5) is 0 Å². The SMILES string of the molecule is O=C(CCCCOC[C@H](O)[C@H](O)[C@@H](O)[C@H](O)CO)ON1C(=O)CCC1=O. The first-order valence-corrected chi connectivity index (χ1v) is 8.25. The third-order valence-electron chi connectivity index (χ3n) is 3.73. The Morgan fingerprint density at radius 3 is 2.15 bits per heavy atom. The number of aliphatic hydroxyl groups is 5. The summed E-state index contributed by atoms with van der Waals surface area (Å²) in [5.74, 6) is -1.81. The molecule has 1 aliphatic rings. The minimum Gasteiger partial charge on any atom is -0.394 e. The number of carbonyl (C=O) groups excluding carboxylic acids is 3. The zero-order valence-electron chi connectivity index (χ0n) is 14.2. The number of hydrogen-bond donors (Lipinski definition) is 5. The molecule has 0 spiro atoms. The van der Waals surface area contributed by atoms with E-state index in [2.05, 4.69) is 4.84 Å². The number of imide groups is 1. The van der Waals surface area contributed by atoms with Crippen LogP contribution in [-0.2, 0) is 24.0 Å². The highest BCUT2D eigenvalue weighted by atomic mass is 16.7. The van der Waals surface area contributed by atoms with Crippen LogP contribution in [0.2, 0.25) is 0 Å². The number of amides is 2. The molecule has 0 saturated carbocycles. The fourth-order valence-corrected chi connectivity index (χ4v) is 2.14. The van der Waals surface area contributed by atoms with Crippen molar-refractivity contribution in [2.75, 3.05) is 19.8 Å². The molecule has 1 heterocycles. The second-order valence-corrected chi connectivity index (χ2v) is 5.88. The van der Waals surface area contributed by atoms with Gasteiger partial charge in [0.05, 0.1) is 13.2 Å². The van der Waals surface area contributed by atoms with E-state index in [1.54, 1.807) is 0 Å². The van der Waals surface area contributed by atoms with Gasteiger partial charge in [0.25, 0.3) is 11.8 Å². The maximum absolute atomic E-state index is 11.5. The summed E-state index contributed by atoms with van der Waals surface area (Å²) in [7, 11) is 0. The third kappa shape index (κ3) is 6.94.